The molecule has 0 aromatic heterocycles. The lowest BCUT2D eigenvalue weighted by molar-refractivity contribution is 0.174. The van der Waals surface area contributed by atoms with E-state index in [-0.39, 0.29) is 12.5 Å². The second-order valence-corrected chi connectivity index (χ2v) is 7.69. The number of aryl methyl sites for hydroxylation is 1. The molecule has 5 nitrogen and oxygen atoms in total. The number of sulfonamides is 1. The third-order valence-corrected chi connectivity index (χ3v) is 5.61. The smallest absolute Gasteiger partial charge is 0.231 e. The van der Waals surface area contributed by atoms with Crippen LogP contribution in [-0.2, 0) is 23.0 Å². The first-order chi connectivity index (χ1) is 11.0. The molecule has 6 heteroatoms. The van der Waals surface area contributed by atoms with Crippen LogP contribution in [0, 0.1) is 0 Å². The summed E-state index contributed by atoms with van der Waals surface area (Å²) in [6.07, 6.45) is 0.509. The maximum Gasteiger partial charge on any atom is 0.231 e. The van der Waals surface area contributed by atoms with Crippen molar-refractivity contribution in [2.24, 2.45) is 0 Å². The molecule has 1 aliphatic rings. The predicted molar refractivity (Wildman–Crippen MR) is 88.0 cm³/mol. The Morgan fingerprint density at radius 2 is 1.74 bits per heavy atom. The van der Waals surface area contributed by atoms with Gasteiger partial charge in [0.05, 0.1) is 5.75 Å². The minimum Gasteiger partial charge on any atom is -0.454 e. The lowest BCUT2D eigenvalue weighted by Crippen LogP contribution is -2.29. The molecule has 23 heavy (non-hydrogen) atoms. The summed E-state index contributed by atoms with van der Waals surface area (Å²) >= 11 is 0. The molecule has 2 aromatic carbocycles. The monoisotopic (exact) mass is 333 g/mol. The summed E-state index contributed by atoms with van der Waals surface area (Å²) in [6.45, 7) is 0.526. The van der Waals surface area contributed by atoms with E-state index in [2.05, 4.69) is 0 Å². The van der Waals surface area contributed by atoms with Gasteiger partial charge in [-0.25, -0.2) is 12.7 Å². The molecule has 0 N–H and O–H groups in total. The van der Waals surface area contributed by atoms with Crippen molar-refractivity contribution < 1.29 is 17.9 Å². The van der Waals surface area contributed by atoms with Gasteiger partial charge < -0.3 is 9.47 Å². The molecular formula is C17H19NO4S. The van der Waals surface area contributed by atoms with Gasteiger partial charge in [0.1, 0.15) is 0 Å². The lowest BCUT2D eigenvalue weighted by atomic mass is 10.2. The summed E-state index contributed by atoms with van der Waals surface area (Å²) in [5, 5.41) is 0. The van der Waals surface area contributed by atoms with Gasteiger partial charge in [-0.05, 0) is 29.7 Å². The first-order valence-corrected chi connectivity index (χ1v) is 9.02. The number of hydrogen-bond donors (Lipinski definition) is 0. The van der Waals surface area contributed by atoms with Crippen LogP contribution in [0.3, 0.4) is 0 Å². The first-order valence-electron chi connectivity index (χ1n) is 7.41. The molecule has 0 fully saturated rings. The highest BCUT2D eigenvalue weighted by Crippen LogP contribution is 2.32. The molecule has 1 aliphatic heterocycles. The van der Waals surface area contributed by atoms with E-state index in [9.17, 15) is 8.42 Å². The molecule has 0 radical (unpaired) electrons. The minimum atomic E-state index is -3.31. The van der Waals surface area contributed by atoms with Crippen LogP contribution in [-0.4, -0.2) is 32.3 Å². The summed E-state index contributed by atoms with van der Waals surface area (Å²) in [6, 6.07) is 15.1. The Hall–Kier alpha value is -2.05. The maximum absolute atomic E-state index is 12.4. The second kappa shape index (κ2) is 6.60. The van der Waals surface area contributed by atoms with Gasteiger partial charge in [-0.15, -0.1) is 0 Å². The molecule has 122 valence electrons. The second-order valence-electron chi connectivity index (χ2n) is 5.50. The molecule has 0 amide bonds. The molecule has 2 aromatic rings. The number of hydrogen-bond acceptors (Lipinski definition) is 4. The summed E-state index contributed by atoms with van der Waals surface area (Å²) < 4.78 is 36.8. The third-order valence-electron chi connectivity index (χ3n) is 3.81. The van der Waals surface area contributed by atoms with Crippen LogP contribution in [0.4, 0.5) is 0 Å². The van der Waals surface area contributed by atoms with Gasteiger partial charge in [0.15, 0.2) is 11.5 Å². The Balaban J connectivity index is 1.63. The number of benzene rings is 2. The van der Waals surface area contributed by atoms with Crippen LogP contribution in [0.5, 0.6) is 11.5 Å². The zero-order chi connectivity index (χ0) is 16.3. The Kier molecular flexibility index (Phi) is 4.54. The molecule has 0 bridgehead atoms. The Bertz CT molecular complexity index is 774. The van der Waals surface area contributed by atoms with Crippen molar-refractivity contribution in [2.75, 3.05) is 19.6 Å². The third kappa shape index (κ3) is 3.83. The van der Waals surface area contributed by atoms with E-state index in [0.717, 1.165) is 11.1 Å². The fourth-order valence-corrected chi connectivity index (χ4v) is 3.59. The molecule has 0 spiro atoms. The van der Waals surface area contributed by atoms with Crippen LogP contribution in [0.1, 0.15) is 11.1 Å². The average Bonchev–Trinajstić information content (AvgIpc) is 3.01. The van der Waals surface area contributed by atoms with Crippen molar-refractivity contribution in [3.63, 3.8) is 0 Å². The van der Waals surface area contributed by atoms with Crippen molar-refractivity contribution in [3.05, 3.63) is 59.7 Å². The highest BCUT2D eigenvalue weighted by atomic mass is 32.2. The van der Waals surface area contributed by atoms with Gasteiger partial charge in [-0.1, -0.05) is 36.4 Å². The molecular weight excluding hydrogens is 314 g/mol. The van der Waals surface area contributed by atoms with Crippen molar-refractivity contribution in [1.82, 2.24) is 4.31 Å². The molecule has 0 saturated heterocycles. The zero-order valence-corrected chi connectivity index (χ0v) is 13.8. The molecule has 1 heterocycles. The predicted octanol–water partition coefficient (Wildman–Crippen LogP) is 2.42. The van der Waals surface area contributed by atoms with Crippen molar-refractivity contribution in [3.8, 4) is 11.5 Å². The summed E-state index contributed by atoms with van der Waals surface area (Å²) in [5.41, 5.74) is 1.90. The molecule has 3 rings (SSSR count). The molecule has 0 unspecified atom stereocenters. The fourth-order valence-electron chi connectivity index (χ4n) is 2.44. The van der Waals surface area contributed by atoms with Gasteiger partial charge in [0.2, 0.25) is 16.8 Å². The van der Waals surface area contributed by atoms with Crippen LogP contribution in [0.25, 0.3) is 0 Å². The van der Waals surface area contributed by atoms with E-state index in [1.165, 1.54) is 4.31 Å². The fraction of sp³-hybridized carbons (Fsp3) is 0.294. The van der Waals surface area contributed by atoms with E-state index >= 15 is 0 Å². The highest BCUT2D eigenvalue weighted by Gasteiger charge is 2.20. The molecule has 0 aliphatic carbocycles. The van der Waals surface area contributed by atoms with Gasteiger partial charge in [-0.2, -0.15) is 0 Å². The zero-order valence-electron chi connectivity index (χ0n) is 12.9. The van der Waals surface area contributed by atoms with Gasteiger partial charge in [-0.3, -0.25) is 0 Å². The quantitative estimate of drug-likeness (QED) is 0.815. The standard InChI is InChI=1S/C17H19NO4S/c1-18(12-15-7-8-16-17(11-15)22-13-21-16)23(19,20)10-9-14-5-3-2-4-6-14/h2-8,11H,9-10,12-13H2,1H3. The molecule has 0 atom stereocenters. The summed E-state index contributed by atoms with van der Waals surface area (Å²) in [5.74, 6) is 1.46. The highest BCUT2D eigenvalue weighted by molar-refractivity contribution is 7.89. The normalized spacial score (nSPS) is 13.5. The van der Waals surface area contributed by atoms with E-state index < -0.39 is 10.0 Å². The number of ether oxygens (including phenoxy) is 2. The van der Waals surface area contributed by atoms with Crippen LogP contribution >= 0.6 is 0 Å². The van der Waals surface area contributed by atoms with Gasteiger partial charge >= 0.3 is 0 Å². The van der Waals surface area contributed by atoms with E-state index in [1.807, 2.05) is 48.5 Å². The number of nitrogens with zero attached hydrogens (tertiary/aromatic N) is 1. The maximum atomic E-state index is 12.4. The topological polar surface area (TPSA) is 55.8 Å². The summed E-state index contributed by atoms with van der Waals surface area (Å²) in [7, 11) is -1.71. The van der Waals surface area contributed by atoms with Gasteiger partial charge in [0, 0.05) is 13.6 Å². The van der Waals surface area contributed by atoms with Crippen molar-refractivity contribution >= 4 is 10.0 Å². The van der Waals surface area contributed by atoms with Gasteiger partial charge in [0.25, 0.3) is 0 Å². The Morgan fingerprint density at radius 1 is 1.00 bits per heavy atom. The van der Waals surface area contributed by atoms with E-state index in [0.29, 0.717) is 24.5 Å². The minimum absolute atomic E-state index is 0.0953. The van der Waals surface area contributed by atoms with E-state index in [1.54, 1.807) is 7.05 Å². The Morgan fingerprint density at radius 3 is 2.52 bits per heavy atom. The van der Waals surface area contributed by atoms with Crippen molar-refractivity contribution in [2.45, 2.75) is 13.0 Å². The van der Waals surface area contributed by atoms with E-state index in [4.69, 9.17) is 9.47 Å². The lowest BCUT2D eigenvalue weighted by Gasteiger charge is -2.17. The van der Waals surface area contributed by atoms with Crippen LogP contribution in [0.2, 0.25) is 0 Å². The number of rotatable bonds is 6. The Labute approximate surface area is 136 Å². The van der Waals surface area contributed by atoms with Crippen LogP contribution in [0.15, 0.2) is 48.5 Å². The molecule has 0 saturated carbocycles. The average molecular weight is 333 g/mol. The van der Waals surface area contributed by atoms with Crippen molar-refractivity contribution in [1.29, 1.82) is 0 Å². The number of fused-ring (bicyclic) bond motifs is 1. The summed E-state index contributed by atoms with van der Waals surface area (Å²) in [4.78, 5) is 0. The largest absolute Gasteiger partial charge is 0.454 e. The van der Waals surface area contributed by atoms with Crippen LogP contribution < -0.4 is 9.47 Å². The first kappa shape index (κ1) is 15.8. The SMILES string of the molecule is CN(Cc1ccc2c(c1)OCO2)S(=O)(=O)CCc1ccccc1.